The predicted molar refractivity (Wildman–Crippen MR) is 164 cm³/mol. The molecule has 44 heavy (non-hydrogen) atoms. The quantitative estimate of drug-likeness (QED) is 0.271. The summed E-state index contributed by atoms with van der Waals surface area (Å²) in [5.41, 5.74) is 2.12. The first-order valence-corrected chi connectivity index (χ1v) is 16.4. The van der Waals surface area contributed by atoms with Gasteiger partial charge in [0.15, 0.2) is 0 Å². The summed E-state index contributed by atoms with van der Waals surface area (Å²) in [7, 11) is -0.181. The van der Waals surface area contributed by atoms with Crippen molar-refractivity contribution in [1.29, 1.82) is 0 Å². The van der Waals surface area contributed by atoms with E-state index in [1.54, 1.807) is 13.2 Å². The summed E-state index contributed by atoms with van der Waals surface area (Å²) in [6.45, 7) is 3.83. The molecule has 13 nitrogen and oxygen atoms in total. The number of benzene rings is 1. The molecule has 0 saturated carbocycles. The summed E-state index contributed by atoms with van der Waals surface area (Å²) in [6.07, 6.45) is 2.84. The van der Waals surface area contributed by atoms with Crippen LogP contribution in [0.1, 0.15) is 43.1 Å². The number of piperazine rings is 1. The van der Waals surface area contributed by atoms with E-state index in [1.165, 1.54) is 9.80 Å². The number of pyridine rings is 1. The smallest absolute Gasteiger partial charge is 0.409 e. The lowest BCUT2D eigenvalue weighted by atomic mass is 10.1. The van der Waals surface area contributed by atoms with Crippen LogP contribution in [0.25, 0.3) is 11.3 Å². The van der Waals surface area contributed by atoms with Gasteiger partial charge in [-0.1, -0.05) is 43.7 Å². The van der Waals surface area contributed by atoms with Crippen molar-refractivity contribution in [3.63, 3.8) is 0 Å². The van der Waals surface area contributed by atoms with Crippen molar-refractivity contribution in [3.05, 3.63) is 48.2 Å². The zero-order valence-electron chi connectivity index (χ0n) is 25.8. The molecule has 2 aliphatic heterocycles. The van der Waals surface area contributed by atoms with Gasteiger partial charge in [0.25, 0.3) is 11.8 Å². The van der Waals surface area contributed by atoms with Crippen LogP contribution in [0.3, 0.4) is 0 Å². The molecular weight excluding hydrogens is 589 g/mol. The molecule has 0 radical (unpaired) electrons. The number of aromatic nitrogens is 1. The minimum absolute atomic E-state index is 0.0271. The molecule has 2 fully saturated rings. The van der Waals surface area contributed by atoms with E-state index < -0.39 is 31.3 Å². The Kier molecular flexibility index (Phi) is 11.7. The number of ether oxygens (including phenoxy) is 2. The van der Waals surface area contributed by atoms with Crippen LogP contribution in [0.4, 0.5) is 10.5 Å². The predicted octanol–water partition coefficient (Wildman–Crippen LogP) is 3.94. The van der Waals surface area contributed by atoms with E-state index in [1.807, 2.05) is 43.3 Å². The van der Waals surface area contributed by atoms with Gasteiger partial charge in [-0.3, -0.25) is 14.2 Å². The summed E-state index contributed by atoms with van der Waals surface area (Å²) < 4.78 is 34.9. The lowest BCUT2D eigenvalue weighted by Crippen LogP contribution is -2.56. The van der Waals surface area contributed by atoms with Gasteiger partial charge in [-0.15, -0.1) is 0 Å². The molecule has 0 bridgehead atoms. The SMILES string of the molecule is CCCCOC(=O)N1CCN(C(=O)[C@@H](NC(=O)c2cc(N3CCC[C@@H]3OC)cc(-c3ccccc3)n2)P(=O)(OC)OC)CC1. The number of anilines is 1. The Hall–Kier alpha value is -3.51. The second-order valence-corrected chi connectivity index (χ2v) is 12.9. The highest BCUT2D eigenvalue weighted by Crippen LogP contribution is 2.51. The maximum Gasteiger partial charge on any atom is 0.409 e. The largest absolute Gasteiger partial charge is 0.449 e. The standard InChI is InChI=1S/C30H42N5O8P/c1-5-6-19-43-30(38)34-17-15-33(16-18-34)29(37)28(44(39,41-3)42-4)32-27(36)25-21-23(35-14-10-13-26(35)40-2)20-24(31-25)22-11-8-7-9-12-22/h7-9,11-12,20-21,26,28H,5-6,10,13-19H2,1-4H3,(H,32,36)/t26-,28-/m0/s1. The Morgan fingerprint density at radius 3 is 2.32 bits per heavy atom. The van der Waals surface area contributed by atoms with Gasteiger partial charge in [-0.05, 0) is 31.4 Å². The summed E-state index contributed by atoms with van der Waals surface area (Å²) in [5, 5.41) is 2.60. The summed E-state index contributed by atoms with van der Waals surface area (Å²) in [6, 6.07) is 13.0. The number of nitrogens with one attached hydrogen (secondary N) is 1. The first-order chi connectivity index (χ1) is 21.2. The number of nitrogens with zero attached hydrogens (tertiary/aromatic N) is 4. The van der Waals surface area contributed by atoms with Gasteiger partial charge >= 0.3 is 13.7 Å². The van der Waals surface area contributed by atoms with E-state index in [0.29, 0.717) is 12.3 Å². The maximum atomic E-state index is 13.8. The fraction of sp³-hybridized carbons (Fsp3) is 0.533. The van der Waals surface area contributed by atoms with Crippen molar-refractivity contribution in [2.24, 2.45) is 0 Å². The maximum absolute atomic E-state index is 13.8. The Morgan fingerprint density at radius 1 is 1.00 bits per heavy atom. The third kappa shape index (κ3) is 7.76. The molecule has 3 amide bonds. The van der Waals surface area contributed by atoms with E-state index in [9.17, 15) is 18.9 Å². The zero-order chi connectivity index (χ0) is 31.7. The molecule has 1 aromatic heterocycles. The molecule has 14 heteroatoms. The average Bonchev–Trinajstić information content (AvgIpc) is 3.56. The van der Waals surface area contributed by atoms with Gasteiger partial charge < -0.3 is 38.5 Å². The van der Waals surface area contributed by atoms with Crippen LogP contribution in [0.15, 0.2) is 42.5 Å². The van der Waals surface area contributed by atoms with Gasteiger partial charge in [0.2, 0.25) is 5.78 Å². The molecular formula is C30H42N5O8P. The summed E-state index contributed by atoms with van der Waals surface area (Å²) >= 11 is 0. The first kappa shape index (κ1) is 33.4. The number of methoxy groups -OCH3 is 1. The molecule has 0 spiro atoms. The van der Waals surface area contributed by atoms with Crippen molar-refractivity contribution < 1.29 is 37.5 Å². The zero-order valence-corrected chi connectivity index (χ0v) is 26.7. The van der Waals surface area contributed by atoms with Crippen LogP contribution in [0.2, 0.25) is 0 Å². The first-order valence-electron chi connectivity index (χ1n) is 14.8. The minimum atomic E-state index is -4.14. The molecule has 1 N–H and O–H groups in total. The fourth-order valence-corrected chi connectivity index (χ4v) is 6.55. The van der Waals surface area contributed by atoms with Crippen LogP contribution >= 0.6 is 7.60 Å². The number of hydrogen-bond donors (Lipinski definition) is 1. The number of rotatable bonds is 12. The highest BCUT2D eigenvalue weighted by Gasteiger charge is 2.44. The van der Waals surface area contributed by atoms with Crippen LogP contribution < -0.4 is 10.2 Å². The van der Waals surface area contributed by atoms with Crippen LogP contribution in [0, 0.1) is 0 Å². The van der Waals surface area contributed by atoms with Gasteiger partial charge in [0.1, 0.15) is 11.9 Å². The molecule has 2 aliphatic rings. The van der Waals surface area contributed by atoms with Crippen LogP contribution in [-0.2, 0) is 27.9 Å². The number of amides is 3. The second kappa shape index (κ2) is 15.5. The van der Waals surface area contributed by atoms with Crippen molar-refractivity contribution in [2.75, 3.05) is 65.6 Å². The molecule has 0 aliphatic carbocycles. The lowest BCUT2D eigenvalue weighted by molar-refractivity contribution is -0.133. The Morgan fingerprint density at radius 2 is 1.68 bits per heavy atom. The monoisotopic (exact) mass is 631 g/mol. The molecule has 3 heterocycles. The number of carbonyl (C=O) groups excluding carboxylic acids is 3. The number of hydrogen-bond acceptors (Lipinski definition) is 10. The van der Waals surface area contributed by atoms with Gasteiger partial charge in [0.05, 0.1) is 12.3 Å². The lowest BCUT2D eigenvalue weighted by Gasteiger charge is -2.36. The molecule has 2 saturated heterocycles. The van der Waals surface area contributed by atoms with Crippen LogP contribution in [0.5, 0.6) is 0 Å². The van der Waals surface area contributed by atoms with E-state index in [2.05, 4.69) is 15.2 Å². The van der Waals surface area contributed by atoms with E-state index >= 15 is 0 Å². The van der Waals surface area contributed by atoms with E-state index in [4.69, 9.17) is 18.5 Å². The van der Waals surface area contributed by atoms with E-state index in [0.717, 1.165) is 57.7 Å². The van der Waals surface area contributed by atoms with Crippen molar-refractivity contribution in [1.82, 2.24) is 20.1 Å². The Bertz CT molecular complexity index is 1330. The third-order valence-corrected chi connectivity index (χ3v) is 9.81. The highest BCUT2D eigenvalue weighted by molar-refractivity contribution is 7.55. The van der Waals surface area contributed by atoms with Crippen molar-refractivity contribution in [2.45, 2.75) is 44.6 Å². The van der Waals surface area contributed by atoms with Crippen LogP contribution in [-0.4, -0.2) is 105 Å². The highest BCUT2D eigenvalue weighted by atomic mass is 31.2. The molecule has 4 rings (SSSR count). The normalized spacial score (nSPS) is 17.8. The van der Waals surface area contributed by atoms with Gasteiger partial charge in [0, 0.05) is 65.3 Å². The second-order valence-electron chi connectivity index (χ2n) is 10.5. The summed E-state index contributed by atoms with van der Waals surface area (Å²) in [4.78, 5) is 49.5. The third-order valence-electron chi connectivity index (χ3n) is 7.81. The topological polar surface area (TPSA) is 140 Å². The average molecular weight is 632 g/mol. The van der Waals surface area contributed by atoms with E-state index in [-0.39, 0.29) is 38.1 Å². The van der Waals surface area contributed by atoms with Crippen molar-refractivity contribution >= 4 is 31.2 Å². The van der Waals surface area contributed by atoms with Crippen molar-refractivity contribution in [3.8, 4) is 11.3 Å². The molecule has 2 aromatic rings. The fourth-order valence-electron chi connectivity index (χ4n) is 5.27. The Balaban J connectivity index is 1.58. The Labute approximate surface area is 258 Å². The number of carbonyl (C=O) groups is 3. The molecule has 240 valence electrons. The summed E-state index contributed by atoms with van der Waals surface area (Å²) in [5.74, 6) is -3.01. The molecule has 0 unspecified atom stereocenters. The molecule has 2 atom stereocenters. The van der Waals surface area contributed by atoms with Gasteiger partial charge in [-0.2, -0.15) is 0 Å². The molecule has 1 aromatic carbocycles. The van der Waals surface area contributed by atoms with Gasteiger partial charge in [-0.25, -0.2) is 9.78 Å². The number of unbranched alkanes of at least 4 members (excludes halogenated alkanes) is 1. The minimum Gasteiger partial charge on any atom is -0.449 e.